The Labute approximate surface area is 325 Å². The van der Waals surface area contributed by atoms with Gasteiger partial charge in [0.1, 0.15) is 0 Å². The Morgan fingerprint density at radius 1 is 0.339 bits per heavy atom. The van der Waals surface area contributed by atoms with Crippen molar-refractivity contribution in [2.75, 3.05) is 0 Å². The third-order valence-electron chi connectivity index (χ3n) is 11.1. The Morgan fingerprint density at radius 3 is 1.55 bits per heavy atom. The van der Waals surface area contributed by atoms with E-state index in [9.17, 15) is 0 Å². The molecular formula is C52H34N4. The zero-order valence-electron chi connectivity index (χ0n) is 30.4. The quantitative estimate of drug-likeness (QED) is 0.172. The molecule has 0 atom stereocenters. The number of hydrogen-bond donors (Lipinski definition) is 0. The van der Waals surface area contributed by atoms with Gasteiger partial charge in [-0.1, -0.05) is 170 Å². The summed E-state index contributed by atoms with van der Waals surface area (Å²) >= 11 is 0. The molecule has 0 aliphatic heterocycles. The van der Waals surface area contributed by atoms with Crippen LogP contribution in [-0.4, -0.2) is 19.5 Å². The molecule has 8 aromatic carbocycles. The van der Waals surface area contributed by atoms with E-state index in [1.807, 2.05) is 60.7 Å². The molecule has 0 saturated heterocycles. The SMILES string of the molecule is c1ccc(-c2nc(-c3ccccc3)nc(-c3cccc(-n4c5ccccc5c5cc(-c6cccc(C7c8ccccc8-c8ccccc87)c6)ccc54)c3)n2)cc1. The van der Waals surface area contributed by atoms with Crippen molar-refractivity contribution in [2.24, 2.45) is 0 Å². The van der Waals surface area contributed by atoms with Gasteiger partial charge in [-0.05, 0) is 69.3 Å². The molecule has 0 spiro atoms. The van der Waals surface area contributed by atoms with Crippen molar-refractivity contribution in [3.8, 4) is 62.1 Å². The third kappa shape index (κ3) is 5.34. The average Bonchev–Trinajstić information content (AvgIpc) is 3.80. The second-order valence-corrected chi connectivity index (χ2v) is 14.4. The average molecular weight is 715 g/mol. The van der Waals surface area contributed by atoms with E-state index in [1.165, 1.54) is 49.7 Å². The fraction of sp³-hybridized carbons (Fsp3) is 0.0192. The lowest BCUT2D eigenvalue weighted by Gasteiger charge is -2.16. The summed E-state index contributed by atoms with van der Waals surface area (Å²) in [5, 5.41) is 2.42. The minimum atomic E-state index is 0.206. The van der Waals surface area contributed by atoms with Crippen LogP contribution in [0.1, 0.15) is 22.6 Å². The number of rotatable bonds is 6. The Morgan fingerprint density at radius 2 is 0.857 bits per heavy atom. The third-order valence-corrected chi connectivity index (χ3v) is 11.1. The highest BCUT2D eigenvalue weighted by molar-refractivity contribution is 6.10. The van der Waals surface area contributed by atoms with Crippen LogP contribution < -0.4 is 0 Å². The first-order chi connectivity index (χ1) is 27.8. The lowest BCUT2D eigenvalue weighted by atomic mass is 9.87. The summed E-state index contributed by atoms with van der Waals surface area (Å²) in [7, 11) is 0. The van der Waals surface area contributed by atoms with Crippen LogP contribution in [-0.2, 0) is 0 Å². The van der Waals surface area contributed by atoms with Gasteiger partial charge in [0.25, 0.3) is 0 Å². The minimum absolute atomic E-state index is 0.206. The maximum atomic E-state index is 5.02. The lowest BCUT2D eigenvalue weighted by Crippen LogP contribution is -2.01. The standard InChI is InChI=1S/C52H34N4/c1-3-15-34(16-4-1)50-53-51(35-17-5-2-6-18-35)55-52(54-50)39-21-14-22-40(32-39)56-47-28-12-11-25-43(47)46-33-37(29-30-48(46)56)36-19-13-20-38(31-36)49-44-26-9-7-23-41(44)42-24-8-10-27-45(42)49/h1-33,49H. The van der Waals surface area contributed by atoms with E-state index < -0.39 is 0 Å². The van der Waals surface area contributed by atoms with Crippen molar-refractivity contribution in [3.63, 3.8) is 0 Å². The van der Waals surface area contributed by atoms with Crippen LogP contribution in [0.5, 0.6) is 0 Å². The highest BCUT2D eigenvalue weighted by atomic mass is 15.0. The molecule has 56 heavy (non-hydrogen) atoms. The summed E-state index contributed by atoms with van der Waals surface area (Å²) in [6.07, 6.45) is 0. The van der Waals surface area contributed by atoms with Crippen molar-refractivity contribution in [2.45, 2.75) is 5.92 Å². The van der Waals surface area contributed by atoms with Crippen molar-refractivity contribution in [1.29, 1.82) is 0 Å². The van der Waals surface area contributed by atoms with Gasteiger partial charge >= 0.3 is 0 Å². The van der Waals surface area contributed by atoms with Crippen LogP contribution in [0.15, 0.2) is 200 Å². The molecule has 1 aliphatic rings. The largest absolute Gasteiger partial charge is 0.309 e. The molecular weight excluding hydrogens is 681 g/mol. The summed E-state index contributed by atoms with van der Waals surface area (Å²) in [6, 6.07) is 71.2. The van der Waals surface area contributed by atoms with Crippen molar-refractivity contribution >= 4 is 21.8 Å². The number of benzene rings is 8. The molecule has 0 fully saturated rings. The van der Waals surface area contributed by atoms with E-state index in [0.29, 0.717) is 17.5 Å². The van der Waals surface area contributed by atoms with E-state index in [0.717, 1.165) is 33.4 Å². The summed E-state index contributed by atoms with van der Waals surface area (Å²) in [5.41, 5.74) is 15.3. The van der Waals surface area contributed by atoms with E-state index in [4.69, 9.17) is 15.0 Å². The molecule has 2 heterocycles. The van der Waals surface area contributed by atoms with Gasteiger partial charge in [-0.25, -0.2) is 15.0 Å². The molecule has 4 nitrogen and oxygen atoms in total. The molecule has 0 unspecified atom stereocenters. The number of hydrogen-bond acceptors (Lipinski definition) is 3. The maximum Gasteiger partial charge on any atom is 0.164 e. The smallest absolute Gasteiger partial charge is 0.164 e. The van der Waals surface area contributed by atoms with Crippen LogP contribution in [0.4, 0.5) is 0 Å². The Balaban J connectivity index is 1.02. The van der Waals surface area contributed by atoms with Crippen molar-refractivity contribution in [3.05, 3.63) is 217 Å². The fourth-order valence-electron chi connectivity index (χ4n) is 8.56. The zero-order valence-corrected chi connectivity index (χ0v) is 30.4. The molecule has 10 aromatic rings. The Kier molecular flexibility index (Phi) is 7.52. The second-order valence-electron chi connectivity index (χ2n) is 14.4. The first-order valence-corrected chi connectivity index (χ1v) is 19.1. The van der Waals surface area contributed by atoms with Gasteiger partial charge < -0.3 is 4.57 Å². The first-order valence-electron chi connectivity index (χ1n) is 19.1. The molecule has 0 amide bonds. The predicted octanol–water partition coefficient (Wildman–Crippen LogP) is 12.8. The van der Waals surface area contributed by atoms with Crippen LogP contribution >= 0.6 is 0 Å². The van der Waals surface area contributed by atoms with Crippen LogP contribution in [0.25, 0.3) is 83.9 Å². The topological polar surface area (TPSA) is 43.6 Å². The van der Waals surface area contributed by atoms with E-state index in [2.05, 4.69) is 144 Å². The highest BCUT2D eigenvalue weighted by Gasteiger charge is 2.29. The molecule has 0 saturated carbocycles. The van der Waals surface area contributed by atoms with Gasteiger partial charge in [0, 0.05) is 39.1 Å². The summed E-state index contributed by atoms with van der Waals surface area (Å²) in [5.74, 6) is 2.14. The number of aromatic nitrogens is 4. The van der Waals surface area contributed by atoms with Gasteiger partial charge in [-0.2, -0.15) is 0 Å². The van der Waals surface area contributed by atoms with Crippen LogP contribution in [0, 0.1) is 0 Å². The predicted molar refractivity (Wildman–Crippen MR) is 229 cm³/mol. The Bertz CT molecular complexity index is 2990. The number of nitrogens with zero attached hydrogens (tertiary/aromatic N) is 4. The number of fused-ring (bicyclic) bond motifs is 6. The summed E-state index contributed by atoms with van der Waals surface area (Å²) in [4.78, 5) is 14.9. The normalized spacial score (nSPS) is 12.2. The second kappa shape index (κ2) is 13.2. The van der Waals surface area contributed by atoms with E-state index in [1.54, 1.807) is 0 Å². The molecule has 0 bridgehead atoms. The molecule has 0 radical (unpaired) electrons. The monoisotopic (exact) mass is 714 g/mol. The molecule has 11 rings (SSSR count). The summed E-state index contributed by atoms with van der Waals surface area (Å²) < 4.78 is 2.36. The molecule has 4 heteroatoms. The van der Waals surface area contributed by atoms with Gasteiger partial charge in [0.2, 0.25) is 0 Å². The van der Waals surface area contributed by atoms with Gasteiger partial charge in [-0.15, -0.1) is 0 Å². The fourth-order valence-corrected chi connectivity index (χ4v) is 8.56. The number of para-hydroxylation sites is 1. The van der Waals surface area contributed by atoms with Gasteiger partial charge in [0.15, 0.2) is 17.5 Å². The molecule has 1 aliphatic carbocycles. The van der Waals surface area contributed by atoms with E-state index >= 15 is 0 Å². The zero-order chi connectivity index (χ0) is 37.0. The molecule has 0 N–H and O–H groups in total. The maximum absolute atomic E-state index is 5.02. The van der Waals surface area contributed by atoms with E-state index in [-0.39, 0.29) is 5.92 Å². The van der Waals surface area contributed by atoms with Crippen LogP contribution in [0.2, 0.25) is 0 Å². The van der Waals surface area contributed by atoms with Gasteiger partial charge in [0.05, 0.1) is 11.0 Å². The lowest BCUT2D eigenvalue weighted by molar-refractivity contribution is 1.02. The Hall–Kier alpha value is -7.43. The minimum Gasteiger partial charge on any atom is -0.309 e. The molecule has 2 aromatic heterocycles. The first kappa shape index (κ1) is 32.0. The highest BCUT2D eigenvalue weighted by Crippen LogP contribution is 2.48. The van der Waals surface area contributed by atoms with Gasteiger partial charge in [-0.3, -0.25) is 0 Å². The van der Waals surface area contributed by atoms with Crippen LogP contribution in [0.3, 0.4) is 0 Å². The summed E-state index contributed by atoms with van der Waals surface area (Å²) in [6.45, 7) is 0. The van der Waals surface area contributed by atoms with Crippen molar-refractivity contribution in [1.82, 2.24) is 19.5 Å². The van der Waals surface area contributed by atoms with Crippen molar-refractivity contribution < 1.29 is 0 Å². The molecule has 262 valence electrons.